The van der Waals surface area contributed by atoms with E-state index in [-0.39, 0.29) is 17.5 Å². The van der Waals surface area contributed by atoms with Gasteiger partial charge >= 0.3 is 0 Å². The molecular weight excluding hydrogens is 352 g/mol. The van der Waals surface area contributed by atoms with Gasteiger partial charge in [0.25, 0.3) is 5.91 Å². The van der Waals surface area contributed by atoms with Crippen LogP contribution in [0.25, 0.3) is 11.5 Å². The van der Waals surface area contributed by atoms with Crippen LogP contribution in [0.5, 0.6) is 0 Å². The second-order valence-corrected chi connectivity index (χ2v) is 6.32. The first-order valence-electron chi connectivity index (χ1n) is 8.95. The van der Waals surface area contributed by atoms with Gasteiger partial charge in [0.15, 0.2) is 11.5 Å². The van der Waals surface area contributed by atoms with Crippen LogP contribution in [-0.2, 0) is 9.53 Å². The second kappa shape index (κ2) is 9.33. The minimum atomic E-state index is -0.180. The Bertz CT molecular complexity index is 735. The van der Waals surface area contributed by atoms with Crippen molar-refractivity contribution in [3.05, 3.63) is 30.2 Å². The third-order valence-electron chi connectivity index (χ3n) is 4.37. The highest BCUT2D eigenvalue weighted by Crippen LogP contribution is 2.21. The van der Waals surface area contributed by atoms with Crippen molar-refractivity contribution in [1.82, 2.24) is 20.3 Å². The fourth-order valence-corrected chi connectivity index (χ4v) is 2.89. The lowest BCUT2D eigenvalue weighted by atomic mass is 10.2. The molecule has 0 unspecified atom stereocenters. The maximum absolute atomic E-state index is 12.6. The Balaban J connectivity index is 1.43. The highest BCUT2D eigenvalue weighted by atomic mass is 16.5. The van der Waals surface area contributed by atoms with Crippen LogP contribution in [-0.4, -0.2) is 79.8 Å². The quantitative estimate of drug-likeness (QED) is 0.682. The van der Waals surface area contributed by atoms with Crippen molar-refractivity contribution < 1.29 is 23.3 Å². The lowest BCUT2D eigenvalue weighted by Gasteiger charge is -2.33. The average Bonchev–Trinajstić information content (AvgIpc) is 3.36. The first kappa shape index (κ1) is 19.1. The summed E-state index contributed by atoms with van der Waals surface area (Å²) in [6.07, 6.45) is 2.33. The Morgan fingerprint density at radius 3 is 2.78 bits per heavy atom. The molecule has 0 atom stereocenters. The van der Waals surface area contributed by atoms with Crippen LogP contribution in [0.4, 0.5) is 0 Å². The summed E-state index contributed by atoms with van der Waals surface area (Å²) >= 11 is 0. The number of ether oxygens (including phenoxy) is 1. The summed E-state index contributed by atoms with van der Waals surface area (Å²) in [5.74, 6) is 0.765. The van der Waals surface area contributed by atoms with Gasteiger partial charge in [-0.3, -0.25) is 14.5 Å². The van der Waals surface area contributed by atoms with Crippen LogP contribution in [0, 0.1) is 0 Å². The van der Waals surface area contributed by atoms with Crippen LogP contribution in [0.3, 0.4) is 0 Å². The highest BCUT2D eigenvalue weighted by molar-refractivity contribution is 5.93. The van der Waals surface area contributed by atoms with Gasteiger partial charge in [-0.1, -0.05) is 5.16 Å². The zero-order valence-electron chi connectivity index (χ0n) is 15.3. The number of furan rings is 1. The van der Waals surface area contributed by atoms with Crippen LogP contribution < -0.4 is 5.32 Å². The second-order valence-electron chi connectivity index (χ2n) is 6.32. The number of carbonyl (C=O) groups excluding carboxylic acids is 2. The monoisotopic (exact) mass is 376 g/mol. The number of hydrogen-bond acceptors (Lipinski definition) is 7. The number of nitrogens with one attached hydrogen (secondary N) is 1. The average molecular weight is 376 g/mol. The summed E-state index contributed by atoms with van der Waals surface area (Å²) in [4.78, 5) is 28.3. The number of hydrogen-bond donors (Lipinski definition) is 1. The van der Waals surface area contributed by atoms with Crippen molar-refractivity contribution in [2.24, 2.45) is 0 Å². The molecule has 0 bridgehead atoms. The van der Waals surface area contributed by atoms with Crippen molar-refractivity contribution in [3.63, 3.8) is 0 Å². The number of amides is 2. The Morgan fingerprint density at radius 1 is 1.26 bits per heavy atom. The topological polar surface area (TPSA) is 101 Å². The van der Waals surface area contributed by atoms with Crippen LogP contribution >= 0.6 is 0 Å². The van der Waals surface area contributed by atoms with Gasteiger partial charge in [-0.05, 0) is 18.6 Å². The summed E-state index contributed by atoms with van der Waals surface area (Å²) in [7, 11) is 1.64. The fraction of sp³-hybridized carbons (Fsp3) is 0.500. The maximum atomic E-state index is 12.6. The molecule has 1 fully saturated rings. The van der Waals surface area contributed by atoms with E-state index in [1.165, 1.54) is 6.26 Å². The Labute approximate surface area is 157 Å². The van der Waals surface area contributed by atoms with Gasteiger partial charge in [0, 0.05) is 52.5 Å². The van der Waals surface area contributed by atoms with E-state index < -0.39 is 0 Å². The molecule has 0 saturated carbocycles. The van der Waals surface area contributed by atoms with Crippen molar-refractivity contribution >= 4 is 11.8 Å². The van der Waals surface area contributed by atoms with E-state index in [0.717, 1.165) is 6.42 Å². The molecule has 1 N–H and O–H groups in total. The molecule has 2 aromatic heterocycles. The van der Waals surface area contributed by atoms with E-state index >= 15 is 0 Å². The molecule has 0 radical (unpaired) electrons. The van der Waals surface area contributed by atoms with Crippen molar-refractivity contribution in [1.29, 1.82) is 0 Å². The van der Waals surface area contributed by atoms with Gasteiger partial charge in [0.05, 0.1) is 12.8 Å². The molecule has 2 amide bonds. The zero-order chi connectivity index (χ0) is 19.1. The smallest absolute Gasteiger partial charge is 0.276 e. The number of nitrogens with zero attached hydrogens (tertiary/aromatic N) is 3. The molecule has 9 heteroatoms. The molecule has 1 saturated heterocycles. The van der Waals surface area contributed by atoms with Gasteiger partial charge in [-0.2, -0.15) is 0 Å². The van der Waals surface area contributed by atoms with Crippen molar-refractivity contribution in [2.45, 2.75) is 6.42 Å². The van der Waals surface area contributed by atoms with E-state index in [9.17, 15) is 9.59 Å². The predicted molar refractivity (Wildman–Crippen MR) is 96.1 cm³/mol. The lowest BCUT2D eigenvalue weighted by Crippen LogP contribution is -2.51. The van der Waals surface area contributed by atoms with E-state index in [1.54, 1.807) is 30.2 Å². The van der Waals surface area contributed by atoms with Gasteiger partial charge in [0.1, 0.15) is 0 Å². The molecule has 0 spiro atoms. The molecule has 0 aromatic carbocycles. The summed E-state index contributed by atoms with van der Waals surface area (Å²) in [5, 5.41) is 6.72. The standard InChI is InChI=1S/C18H24N4O5/c1-25-10-3-5-19-17(23)13-21-6-8-22(9-7-21)18(24)14-12-16(27-20-14)15-4-2-11-26-15/h2,4,11-12H,3,5-10,13H2,1H3,(H,19,23). The van der Waals surface area contributed by atoms with E-state index in [0.29, 0.717) is 57.4 Å². The molecule has 0 aliphatic carbocycles. The Kier molecular flexibility index (Phi) is 6.61. The fourth-order valence-electron chi connectivity index (χ4n) is 2.89. The SMILES string of the molecule is COCCCNC(=O)CN1CCN(C(=O)c2cc(-c3ccco3)on2)CC1. The highest BCUT2D eigenvalue weighted by Gasteiger charge is 2.25. The zero-order valence-corrected chi connectivity index (χ0v) is 15.3. The number of rotatable bonds is 8. The summed E-state index contributed by atoms with van der Waals surface area (Å²) in [6, 6.07) is 5.07. The molecule has 1 aliphatic heterocycles. The third-order valence-corrected chi connectivity index (χ3v) is 4.37. The minimum absolute atomic E-state index is 0.00882. The van der Waals surface area contributed by atoms with Crippen LogP contribution in [0.1, 0.15) is 16.9 Å². The van der Waals surface area contributed by atoms with Crippen molar-refractivity contribution in [3.8, 4) is 11.5 Å². The van der Waals surface area contributed by atoms with Gasteiger partial charge < -0.3 is 23.9 Å². The normalized spacial score (nSPS) is 15.1. The molecule has 2 aromatic rings. The number of piperazine rings is 1. The van der Waals surface area contributed by atoms with E-state index in [1.807, 2.05) is 4.90 Å². The van der Waals surface area contributed by atoms with Gasteiger partial charge in [0.2, 0.25) is 11.7 Å². The minimum Gasteiger partial charge on any atom is -0.461 e. The number of methoxy groups -OCH3 is 1. The molecule has 27 heavy (non-hydrogen) atoms. The predicted octanol–water partition coefficient (Wildman–Crippen LogP) is 0.845. The maximum Gasteiger partial charge on any atom is 0.276 e. The number of carbonyl (C=O) groups is 2. The summed E-state index contributed by atoms with van der Waals surface area (Å²) in [5.41, 5.74) is 0.255. The molecule has 146 valence electrons. The molecule has 1 aliphatic rings. The van der Waals surface area contributed by atoms with Gasteiger partial charge in [-0.25, -0.2) is 0 Å². The Hall–Kier alpha value is -2.65. The Morgan fingerprint density at radius 2 is 2.07 bits per heavy atom. The summed E-state index contributed by atoms with van der Waals surface area (Å²) in [6.45, 7) is 3.93. The van der Waals surface area contributed by atoms with E-state index in [4.69, 9.17) is 13.7 Å². The van der Waals surface area contributed by atoms with E-state index in [2.05, 4.69) is 10.5 Å². The summed E-state index contributed by atoms with van der Waals surface area (Å²) < 4.78 is 15.4. The lowest BCUT2D eigenvalue weighted by molar-refractivity contribution is -0.122. The molecule has 3 rings (SSSR count). The van der Waals surface area contributed by atoms with Gasteiger partial charge in [-0.15, -0.1) is 0 Å². The van der Waals surface area contributed by atoms with Crippen molar-refractivity contribution in [2.75, 3.05) is 53.0 Å². The molecule has 9 nitrogen and oxygen atoms in total. The third kappa shape index (κ3) is 5.18. The largest absolute Gasteiger partial charge is 0.461 e. The first-order valence-corrected chi connectivity index (χ1v) is 8.95. The van der Waals surface area contributed by atoms with Crippen LogP contribution in [0.15, 0.2) is 33.4 Å². The number of aromatic nitrogens is 1. The molecular formula is C18H24N4O5. The molecule has 3 heterocycles. The van der Waals surface area contributed by atoms with Crippen LogP contribution in [0.2, 0.25) is 0 Å². The first-order chi connectivity index (χ1) is 13.2.